The molecule has 0 saturated carbocycles. The van der Waals surface area contributed by atoms with E-state index >= 15 is 0 Å². The first-order chi connectivity index (χ1) is 15.9. The zero-order valence-corrected chi connectivity index (χ0v) is 21.3. The number of hydrogen-bond donors (Lipinski definition) is 1. The van der Waals surface area contributed by atoms with Crippen molar-refractivity contribution in [3.8, 4) is 5.75 Å². The van der Waals surface area contributed by atoms with Crippen molar-refractivity contribution in [2.45, 2.75) is 42.8 Å². The molecule has 1 saturated heterocycles. The molecule has 1 aliphatic heterocycles. The first kappa shape index (κ1) is 25.9. The second kappa shape index (κ2) is 12.6. The molecule has 2 aromatic rings. The number of benzene rings is 2. The fourth-order valence-electron chi connectivity index (χ4n) is 3.76. The number of sulfonamides is 1. The number of carbonyl (C=O) groups is 1. The van der Waals surface area contributed by atoms with Gasteiger partial charge in [-0.2, -0.15) is 16.1 Å². The number of rotatable bonds is 11. The van der Waals surface area contributed by atoms with Crippen molar-refractivity contribution in [1.82, 2.24) is 9.62 Å². The van der Waals surface area contributed by atoms with Gasteiger partial charge in [-0.15, -0.1) is 0 Å². The summed E-state index contributed by atoms with van der Waals surface area (Å²) in [7, 11) is -1.98. The number of ether oxygens (including phenoxy) is 1. The third-order valence-corrected chi connectivity index (χ3v) is 8.88. The molecule has 1 fully saturated rings. The maximum absolute atomic E-state index is 13.0. The van der Waals surface area contributed by atoms with Gasteiger partial charge >= 0.3 is 0 Å². The highest BCUT2D eigenvalue weighted by atomic mass is 35.5. The molecule has 180 valence electrons. The molecule has 2 aromatic carbocycles. The summed E-state index contributed by atoms with van der Waals surface area (Å²) in [5.41, 5.74) is 1.81. The highest BCUT2D eigenvalue weighted by Gasteiger charge is 2.26. The number of thioether (sulfide) groups is 1. The van der Waals surface area contributed by atoms with Gasteiger partial charge in [0.2, 0.25) is 15.9 Å². The molecule has 0 unspecified atom stereocenters. The van der Waals surface area contributed by atoms with Crippen LogP contribution in [-0.4, -0.2) is 51.1 Å². The minimum atomic E-state index is -3.53. The van der Waals surface area contributed by atoms with Gasteiger partial charge in [-0.1, -0.05) is 36.2 Å². The maximum atomic E-state index is 13.0. The van der Waals surface area contributed by atoms with E-state index in [-0.39, 0.29) is 17.2 Å². The lowest BCUT2D eigenvalue weighted by molar-refractivity contribution is -0.120. The number of nitrogens with zero attached hydrogens (tertiary/aromatic N) is 1. The van der Waals surface area contributed by atoms with E-state index in [1.807, 2.05) is 24.3 Å². The second-order valence-corrected chi connectivity index (χ2v) is 11.4. The van der Waals surface area contributed by atoms with E-state index < -0.39 is 10.0 Å². The average Bonchev–Trinajstić information content (AvgIpc) is 2.84. The van der Waals surface area contributed by atoms with E-state index in [2.05, 4.69) is 5.32 Å². The Balaban J connectivity index is 1.49. The van der Waals surface area contributed by atoms with Crippen LogP contribution in [0, 0.1) is 0 Å². The molecule has 1 aliphatic rings. The second-order valence-electron chi connectivity index (χ2n) is 7.93. The first-order valence-electron chi connectivity index (χ1n) is 11.2. The predicted octanol–water partition coefficient (Wildman–Crippen LogP) is 4.51. The van der Waals surface area contributed by atoms with Crippen molar-refractivity contribution < 1.29 is 17.9 Å². The summed E-state index contributed by atoms with van der Waals surface area (Å²) in [6.45, 7) is 1.68. The van der Waals surface area contributed by atoms with Crippen molar-refractivity contribution in [1.29, 1.82) is 0 Å². The third kappa shape index (κ3) is 7.37. The molecule has 0 spiro atoms. The summed E-state index contributed by atoms with van der Waals surface area (Å²) >= 11 is 7.87. The van der Waals surface area contributed by atoms with Crippen LogP contribution in [-0.2, 0) is 27.0 Å². The molecule has 0 radical (unpaired) electrons. The molecule has 0 aromatic heterocycles. The lowest BCUT2D eigenvalue weighted by atomic mass is 10.1. The van der Waals surface area contributed by atoms with Crippen molar-refractivity contribution in [2.24, 2.45) is 0 Å². The van der Waals surface area contributed by atoms with Gasteiger partial charge in [-0.3, -0.25) is 4.79 Å². The average molecular weight is 511 g/mol. The summed E-state index contributed by atoms with van der Waals surface area (Å²) in [4.78, 5) is 12.6. The largest absolute Gasteiger partial charge is 0.496 e. The van der Waals surface area contributed by atoms with Crippen LogP contribution in [0.1, 0.15) is 36.8 Å². The Kier molecular flexibility index (Phi) is 9.92. The fraction of sp³-hybridized carbons (Fsp3) is 0.458. The number of amides is 1. The van der Waals surface area contributed by atoms with Gasteiger partial charge in [0.1, 0.15) is 5.75 Å². The summed E-state index contributed by atoms with van der Waals surface area (Å²) in [6, 6.07) is 12.7. The summed E-state index contributed by atoms with van der Waals surface area (Å²) in [6.07, 6.45) is 3.51. The Morgan fingerprint density at radius 1 is 1.12 bits per heavy atom. The van der Waals surface area contributed by atoms with Crippen LogP contribution in [0.2, 0.25) is 5.02 Å². The van der Waals surface area contributed by atoms with E-state index in [1.165, 1.54) is 0 Å². The van der Waals surface area contributed by atoms with Crippen molar-refractivity contribution in [3.05, 3.63) is 58.6 Å². The SMILES string of the molecule is COc1ccc(S(=O)(=O)N2CCCCC2)cc1CCC(=O)NCCSCc1ccccc1Cl. The molecule has 1 amide bonds. The van der Waals surface area contributed by atoms with Gasteiger partial charge in [0.25, 0.3) is 0 Å². The van der Waals surface area contributed by atoms with E-state index in [9.17, 15) is 13.2 Å². The van der Waals surface area contributed by atoms with Crippen molar-refractivity contribution in [3.63, 3.8) is 0 Å². The normalized spacial score (nSPS) is 14.7. The fourth-order valence-corrected chi connectivity index (χ4v) is 6.47. The van der Waals surface area contributed by atoms with Crippen molar-refractivity contribution >= 4 is 39.3 Å². The van der Waals surface area contributed by atoms with Crippen LogP contribution < -0.4 is 10.1 Å². The Morgan fingerprint density at radius 3 is 2.61 bits per heavy atom. The van der Waals surface area contributed by atoms with Gasteiger partial charge in [-0.25, -0.2) is 8.42 Å². The van der Waals surface area contributed by atoms with Crippen LogP contribution in [0.25, 0.3) is 0 Å². The van der Waals surface area contributed by atoms with E-state index in [0.717, 1.165) is 46.9 Å². The van der Waals surface area contributed by atoms with Gasteiger partial charge in [-0.05, 0) is 54.7 Å². The maximum Gasteiger partial charge on any atom is 0.243 e. The van der Waals surface area contributed by atoms with Crippen LogP contribution in [0.4, 0.5) is 0 Å². The molecule has 0 atom stereocenters. The highest BCUT2D eigenvalue weighted by Crippen LogP contribution is 2.27. The highest BCUT2D eigenvalue weighted by molar-refractivity contribution is 7.98. The van der Waals surface area contributed by atoms with E-state index in [0.29, 0.717) is 31.8 Å². The number of carbonyl (C=O) groups excluding carboxylic acids is 1. The smallest absolute Gasteiger partial charge is 0.243 e. The Labute approximate surface area is 206 Å². The lowest BCUT2D eigenvalue weighted by Gasteiger charge is -2.26. The molecule has 33 heavy (non-hydrogen) atoms. The summed E-state index contributed by atoms with van der Waals surface area (Å²) in [5, 5.41) is 3.68. The van der Waals surface area contributed by atoms with Crippen LogP contribution >= 0.6 is 23.4 Å². The van der Waals surface area contributed by atoms with Crippen LogP contribution in [0.15, 0.2) is 47.4 Å². The van der Waals surface area contributed by atoms with Gasteiger partial charge < -0.3 is 10.1 Å². The molecule has 1 N–H and O–H groups in total. The number of halogens is 1. The number of hydrogen-bond acceptors (Lipinski definition) is 5. The summed E-state index contributed by atoms with van der Waals surface area (Å²) < 4.78 is 32.9. The third-order valence-electron chi connectivity index (χ3n) is 5.61. The van der Waals surface area contributed by atoms with Crippen LogP contribution in [0.5, 0.6) is 5.75 Å². The topological polar surface area (TPSA) is 75.7 Å². The van der Waals surface area contributed by atoms with E-state index in [4.69, 9.17) is 16.3 Å². The zero-order chi connectivity index (χ0) is 23.7. The monoisotopic (exact) mass is 510 g/mol. The van der Waals surface area contributed by atoms with Gasteiger partial charge in [0, 0.05) is 42.6 Å². The molecular formula is C24H31ClN2O4S2. The molecule has 0 bridgehead atoms. The number of nitrogens with one attached hydrogen (secondary N) is 1. The zero-order valence-electron chi connectivity index (χ0n) is 18.9. The minimum absolute atomic E-state index is 0.0697. The van der Waals surface area contributed by atoms with Gasteiger partial charge in [0.05, 0.1) is 12.0 Å². The Bertz CT molecular complexity index is 1040. The molecule has 6 nitrogen and oxygen atoms in total. The Hall–Kier alpha value is -1.74. The molecule has 9 heteroatoms. The first-order valence-corrected chi connectivity index (χ1v) is 14.1. The summed E-state index contributed by atoms with van der Waals surface area (Å²) in [5.74, 6) is 2.10. The van der Waals surface area contributed by atoms with Crippen molar-refractivity contribution in [2.75, 3.05) is 32.5 Å². The lowest BCUT2D eigenvalue weighted by Crippen LogP contribution is -2.35. The quantitative estimate of drug-likeness (QED) is 0.450. The van der Waals surface area contributed by atoms with E-state index in [1.54, 1.807) is 41.4 Å². The number of piperidine rings is 1. The van der Waals surface area contributed by atoms with Crippen LogP contribution in [0.3, 0.4) is 0 Å². The molecule has 0 aliphatic carbocycles. The minimum Gasteiger partial charge on any atom is -0.496 e. The van der Waals surface area contributed by atoms with Gasteiger partial charge in [0.15, 0.2) is 0 Å². The molecular weight excluding hydrogens is 480 g/mol. The number of methoxy groups -OCH3 is 1. The Morgan fingerprint density at radius 2 is 1.88 bits per heavy atom. The predicted molar refractivity (Wildman–Crippen MR) is 135 cm³/mol. The molecule has 3 rings (SSSR count). The number of aryl methyl sites for hydroxylation is 1. The molecule has 1 heterocycles. The standard InChI is InChI=1S/C24H31ClN2O4S2/c1-31-23-11-10-21(33(29,30)27-14-5-2-6-15-27)17-19(23)9-12-24(28)26-13-16-32-18-20-7-3-4-8-22(20)25/h3-4,7-8,10-11,17H,2,5-6,9,12-16,18H2,1H3,(H,26,28).